The average molecular weight is 238 g/mol. The zero-order chi connectivity index (χ0) is 11.0. The van der Waals surface area contributed by atoms with Crippen molar-refractivity contribution in [3.05, 3.63) is 0 Å². The van der Waals surface area contributed by atoms with E-state index in [2.05, 4.69) is 0 Å². The van der Waals surface area contributed by atoms with Crippen molar-refractivity contribution in [1.82, 2.24) is 0 Å². The quantitative estimate of drug-likeness (QED) is 0.383. The standard InChI is InChI=1S/C8H18O4SSi/c1-8(13)12-6-5-7-14(9-2,10-3)11-4/h5-7H2,1-4H3. The lowest BCUT2D eigenvalue weighted by atomic mass is 10.5. The van der Waals surface area contributed by atoms with Crippen LogP contribution in [-0.2, 0) is 18.0 Å². The summed E-state index contributed by atoms with van der Waals surface area (Å²) in [6.45, 7) is 2.34. The highest BCUT2D eigenvalue weighted by atomic mass is 32.1. The van der Waals surface area contributed by atoms with E-state index in [1.165, 1.54) is 0 Å². The molecule has 84 valence electrons. The lowest BCUT2D eigenvalue weighted by molar-refractivity contribution is 0.121. The molecule has 0 saturated carbocycles. The molecule has 0 bridgehead atoms. The van der Waals surface area contributed by atoms with Gasteiger partial charge in [0.15, 0.2) is 5.05 Å². The Bertz CT molecular complexity index is 164. The van der Waals surface area contributed by atoms with Gasteiger partial charge in [-0.1, -0.05) is 0 Å². The van der Waals surface area contributed by atoms with Gasteiger partial charge in [0.2, 0.25) is 0 Å². The first-order valence-corrected chi connectivity index (χ1v) is 6.73. The highest BCUT2D eigenvalue weighted by molar-refractivity contribution is 7.80. The van der Waals surface area contributed by atoms with E-state index in [1.54, 1.807) is 28.3 Å². The van der Waals surface area contributed by atoms with Crippen LogP contribution in [0.3, 0.4) is 0 Å². The van der Waals surface area contributed by atoms with E-state index in [1.807, 2.05) is 0 Å². The van der Waals surface area contributed by atoms with Gasteiger partial charge in [-0.05, 0) is 18.6 Å². The third kappa shape index (κ3) is 5.01. The Balaban J connectivity index is 3.77. The second kappa shape index (κ2) is 7.30. The first-order valence-electron chi connectivity index (χ1n) is 4.39. The molecular formula is C8H18O4SSi. The van der Waals surface area contributed by atoms with Crippen LogP contribution in [0.2, 0.25) is 6.04 Å². The molecule has 0 spiro atoms. The number of hydrogen-bond acceptors (Lipinski definition) is 5. The Morgan fingerprint density at radius 1 is 1.14 bits per heavy atom. The predicted octanol–water partition coefficient (Wildman–Crippen LogP) is 1.62. The minimum absolute atomic E-state index is 0.560. The lowest BCUT2D eigenvalue weighted by Crippen LogP contribution is -2.42. The fraction of sp³-hybridized carbons (Fsp3) is 0.875. The van der Waals surface area contributed by atoms with Crippen LogP contribution in [-0.4, -0.2) is 41.8 Å². The molecule has 0 fully saturated rings. The highest BCUT2D eigenvalue weighted by Crippen LogP contribution is 2.14. The molecule has 0 aliphatic rings. The Hall–Kier alpha value is -0.0131. The van der Waals surface area contributed by atoms with Gasteiger partial charge in [0.1, 0.15) is 0 Å². The van der Waals surface area contributed by atoms with Crippen molar-refractivity contribution < 1.29 is 18.0 Å². The molecule has 0 aliphatic heterocycles. The number of hydrogen-bond donors (Lipinski definition) is 0. The fourth-order valence-corrected chi connectivity index (χ4v) is 2.83. The van der Waals surface area contributed by atoms with Crippen molar-refractivity contribution >= 4 is 26.1 Å². The molecular weight excluding hydrogens is 220 g/mol. The lowest BCUT2D eigenvalue weighted by Gasteiger charge is -2.24. The minimum Gasteiger partial charge on any atom is -0.487 e. The van der Waals surface area contributed by atoms with Gasteiger partial charge in [-0.15, -0.1) is 0 Å². The average Bonchev–Trinajstić information content (AvgIpc) is 2.19. The van der Waals surface area contributed by atoms with Gasteiger partial charge in [0, 0.05) is 34.3 Å². The molecule has 0 N–H and O–H groups in total. The zero-order valence-corrected chi connectivity index (χ0v) is 11.0. The van der Waals surface area contributed by atoms with Crippen LogP contribution in [0.1, 0.15) is 13.3 Å². The van der Waals surface area contributed by atoms with E-state index in [4.69, 9.17) is 30.2 Å². The monoisotopic (exact) mass is 238 g/mol. The summed E-state index contributed by atoms with van der Waals surface area (Å²) in [5.41, 5.74) is 0. The highest BCUT2D eigenvalue weighted by Gasteiger charge is 2.36. The molecule has 14 heavy (non-hydrogen) atoms. The fourth-order valence-electron chi connectivity index (χ4n) is 1.06. The van der Waals surface area contributed by atoms with Crippen molar-refractivity contribution in [3.63, 3.8) is 0 Å². The van der Waals surface area contributed by atoms with Crippen LogP contribution in [0.15, 0.2) is 0 Å². The van der Waals surface area contributed by atoms with Gasteiger partial charge in [-0.2, -0.15) is 0 Å². The van der Waals surface area contributed by atoms with E-state index in [0.29, 0.717) is 11.7 Å². The van der Waals surface area contributed by atoms with Crippen LogP contribution in [0.4, 0.5) is 0 Å². The largest absolute Gasteiger partial charge is 0.500 e. The summed E-state index contributed by atoms with van der Waals surface area (Å²) in [7, 11) is 2.39. The van der Waals surface area contributed by atoms with Crippen molar-refractivity contribution in [2.75, 3.05) is 27.9 Å². The van der Waals surface area contributed by atoms with Crippen LogP contribution < -0.4 is 0 Å². The molecule has 0 rings (SSSR count). The van der Waals surface area contributed by atoms with Crippen LogP contribution >= 0.6 is 12.2 Å². The van der Waals surface area contributed by atoms with Crippen LogP contribution in [0.5, 0.6) is 0 Å². The Morgan fingerprint density at radius 2 is 1.64 bits per heavy atom. The topological polar surface area (TPSA) is 36.9 Å². The number of rotatable bonds is 7. The molecule has 0 aromatic rings. The zero-order valence-electron chi connectivity index (χ0n) is 9.16. The molecule has 0 saturated heterocycles. The Morgan fingerprint density at radius 3 is 2.00 bits per heavy atom. The van der Waals surface area contributed by atoms with Crippen molar-refractivity contribution in [2.24, 2.45) is 0 Å². The molecule has 0 unspecified atom stereocenters. The van der Waals surface area contributed by atoms with Crippen molar-refractivity contribution in [1.29, 1.82) is 0 Å². The van der Waals surface area contributed by atoms with Gasteiger partial charge in [-0.25, -0.2) is 0 Å². The van der Waals surface area contributed by atoms with Crippen LogP contribution in [0, 0.1) is 0 Å². The molecule has 0 atom stereocenters. The maximum absolute atomic E-state index is 5.25. The Labute approximate surface area is 91.9 Å². The molecule has 0 aromatic carbocycles. The maximum atomic E-state index is 5.25. The molecule has 4 nitrogen and oxygen atoms in total. The first kappa shape index (κ1) is 14.0. The summed E-state index contributed by atoms with van der Waals surface area (Å²) in [6, 6.07) is 0.735. The van der Waals surface area contributed by atoms with E-state index in [0.717, 1.165) is 12.5 Å². The van der Waals surface area contributed by atoms with E-state index in [-0.39, 0.29) is 0 Å². The minimum atomic E-state index is -2.41. The van der Waals surface area contributed by atoms with Gasteiger partial charge in [-0.3, -0.25) is 0 Å². The second-order valence-electron chi connectivity index (χ2n) is 2.74. The van der Waals surface area contributed by atoms with Crippen molar-refractivity contribution in [3.8, 4) is 0 Å². The molecule has 0 heterocycles. The number of thiocarbonyl (C=S) groups is 1. The molecule has 0 radical (unpaired) electrons. The molecule has 0 aromatic heterocycles. The normalized spacial score (nSPS) is 11.4. The summed E-state index contributed by atoms with van der Waals surface area (Å²) in [5.74, 6) is 0. The van der Waals surface area contributed by atoms with Gasteiger partial charge in [0.25, 0.3) is 0 Å². The smallest absolute Gasteiger partial charge is 0.487 e. The van der Waals surface area contributed by atoms with Gasteiger partial charge in [0.05, 0.1) is 6.61 Å². The summed E-state index contributed by atoms with van der Waals surface area (Å²) in [6.07, 6.45) is 0.815. The van der Waals surface area contributed by atoms with Gasteiger partial charge >= 0.3 is 8.80 Å². The Kier molecular flexibility index (Phi) is 7.29. The third-order valence-electron chi connectivity index (χ3n) is 1.87. The first-order chi connectivity index (χ1) is 6.60. The molecule has 6 heteroatoms. The summed E-state index contributed by atoms with van der Waals surface area (Å²) < 4.78 is 20.9. The van der Waals surface area contributed by atoms with E-state index in [9.17, 15) is 0 Å². The van der Waals surface area contributed by atoms with Gasteiger partial charge < -0.3 is 18.0 Å². The number of ether oxygens (including phenoxy) is 1. The summed E-state index contributed by atoms with van der Waals surface area (Å²) in [4.78, 5) is 0. The molecule has 0 amide bonds. The predicted molar refractivity (Wildman–Crippen MR) is 60.4 cm³/mol. The van der Waals surface area contributed by atoms with E-state index < -0.39 is 8.80 Å². The van der Waals surface area contributed by atoms with Crippen molar-refractivity contribution in [2.45, 2.75) is 19.4 Å². The third-order valence-corrected chi connectivity index (χ3v) is 4.82. The van der Waals surface area contributed by atoms with E-state index >= 15 is 0 Å². The molecule has 0 aliphatic carbocycles. The maximum Gasteiger partial charge on any atom is 0.500 e. The second-order valence-corrected chi connectivity index (χ2v) is 6.40. The van der Waals surface area contributed by atoms with Crippen LogP contribution in [0.25, 0.3) is 0 Å². The summed E-state index contributed by atoms with van der Waals surface area (Å²) in [5, 5.41) is 0.560. The summed E-state index contributed by atoms with van der Waals surface area (Å²) >= 11 is 4.78. The SMILES string of the molecule is CO[Si](CCCOC(C)=S)(OC)OC.